The summed E-state index contributed by atoms with van der Waals surface area (Å²) < 4.78 is 40.7. The van der Waals surface area contributed by atoms with Crippen LogP contribution in [0.3, 0.4) is 0 Å². The normalized spacial score (nSPS) is 11.5. The molecule has 0 saturated heterocycles. The van der Waals surface area contributed by atoms with E-state index in [-0.39, 0.29) is 5.75 Å². The van der Waals surface area contributed by atoms with Crippen LogP contribution >= 0.6 is 34.2 Å². The van der Waals surface area contributed by atoms with Gasteiger partial charge in [0.1, 0.15) is 10.9 Å². The third-order valence-electron chi connectivity index (χ3n) is 2.32. The molecular weight excluding hydrogens is 407 g/mol. The highest BCUT2D eigenvalue weighted by atomic mass is 127. The van der Waals surface area contributed by atoms with Crippen molar-refractivity contribution in [3.05, 3.63) is 38.7 Å². The molecule has 20 heavy (non-hydrogen) atoms. The number of aromatic nitrogens is 2. The van der Waals surface area contributed by atoms with Gasteiger partial charge in [-0.05, 0) is 53.8 Å². The van der Waals surface area contributed by atoms with Crippen LogP contribution in [0, 0.1) is 10.5 Å². The number of aryl methyl sites for hydroxylation is 1. The van der Waals surface area contributed by atoms with Crippen molar-refractivity contribution < 1.29 is 17.9 Å². The highest BCUT2D eigenvalue weighted by Gasteiger charge is 2.31. The maximum Gasteiger partial charge on any atom is 0.573 e. The van der Waals surface area contributed by atoms with Gasteiger partial charge in [0, 0.05) is 5.56 Å². The molecule has 0 radical (unpaired) electrons. The van der Waals surface area contributed by atoms with Gasteiger partial charge in [0.15, 0.2) is 5.82 Å². The zero-order chi connectivity index (χ0) is 14.9. The van der Waals surface area contributed by atoms with Crippen LogP contribution in [0.15, 0.2) is 24.3 Å². The second-order valence-corrected chi connectivity index (χ2v) is 5.25. The van der Waals surface area contributed by atoms with E-state index >= 15 is 0 Å². The minimum atomic E-state index is -4.71. The quantitative estimate of drug-likeness (QED) is 0.532. The molecule has 0 bridgehead atoms. The van der Waals surface area contributed by atoms with E-state index in [1.54, 1.807) is 6.92 Å². The van der Waals surface area contributed by atoms with Gasteiger partial charge in [-0.1, -0.05) is 11.6 Å². The van der Waals surface area contributed by atoms with E-state index in [9.17, 15) is 13.2 Å². The first kappa shape index (κ1) is 15.3. The molecule has 2 aromatic rings. The molecule has 0 amide bonds. The summed E-state index contributed by atoms with van der Waals surface area (Å²) in [7, 11) is 0. The van der Waals surface area contributed by atoms with Crippen LogP contribution in [0.4, 0.5) is 13.2 Å². The Kier molecular flexibility index (Phi) is 4.38. The molecule has 0 unspecified atom stereocenters. The fraction of sp³-hybridized carbons (Fsp3) is 0.167. The number of nitrogens with zero attached hydrogens (tertiary/aromatic N) is 2. The number of ether oxygens (including phenoxy) is 1. The zero-order valence-corrected chi connectivity index (χ0v) is 12.9. The van der Waals surface area contributed by atoms with E-state index in [1.165, 1.54) is 24.3 Å². The third kappa shape index (κ3) is 3.72. The molecule has 0 fully saturated rings. The lowest BCUT2D eigenvalue weighted by molar-refractivity contribution is -0.274. The van der Waals surface area contributed by atoms with Gasteiger partial charge in [0.2, 0.25) is 0 Å². The first-order chi connectivity index (χ1) is 9.26. The van der Waals surface area contributed by atoms with Gasteiger partial charge < -0.3 is 4.74 Å². The molecule has 3 nitrogen and oxygen atoms in total. The summed E-state index contributed by atoms with van der Waals surface area (Å²) >= 11 is 7.98. The molecule has 1 aromatic heterocycles. The number of halogens is 5. The molecule has 2 rings (SSSR count). The first-order valence-corrected chi connectivity index (χ1v) is 6.78. The van der Waals surface area contributed by atoms with E-state index in [1.807, 2.05) is 22.6 Å². The standard InChI is InChI=1S/C12H7ClF3IN2O/c1-6-9(17)10(13)19-11(18-6)7-2-4-8(5-3-7)20-12(14,15)16/h2-5H,1H3. The summed E-state index contributed by atoms with van der Waals surface area (Å²) in [5.74, 6) is 0.0565. The zero-order valence-electron chi connectivity index (χ0n) is 10.0. The van der Waals surface area contributed by atoms with Crippen LogP contribution < -0.4 is 4.74 Å². The first-order valence-electron chi connectivity index (χ1n) is 5.32. The summed E-state index contributed by atoms with van der Waals surface area (Å²) in [4.78, 5) is 8.33. The lowest BCUT2D eigenvalue weighted by Crippen LogP contribution is -2.16. The molecule has 0 N–H and O–H groups in total. The topological polar surface area (TPSA) is 35.0 Å². The SMILES string of the molecule is Cc1nc(-c2ccc(OC(F)(F)F)cc2)nc(Cl)c1I. The summed E-state index contributed by atoms with van der Waals surface area (Å²) in [6.07, 6.45) is -4.71. The number of hydrogen-bond donors (Lipinski definition) is 0. The number of rotatable bonds is 2. The highest BCUT2D eigenvalue weighted by molar-refractivity contribution is 14.1. The Bertz CT molecular complexity index is 609. The molecule has 0 saturated carbocycles. The Labute approximate surface area is 131 Å². The Hall–Kier alpha value is -1.09. The third-order valence-corrected chi connectivity index (χ3v) is 4.21. The maximum atomic E-state index is 12.0. The second kappa shape index (κ2) is 5.72. The largest absolute Gasteiger partial charge is 0.573 e. The van der Waals surface area contributed by atoms with Crippen molar-refractivity contribution in [2.24, 2.45) is 0 Å². The highest BCUT2D eigenvalue weighted by Crippen LogP contribution is 2.27. The van der Waals surface area contributed by atoms with Crippen LogP contribution in [-0.2, 0) is 0 Å². The van der Waals surface area contributed by atoms with Gasteiger partial charge >= 0.3 is 6.36 Å². The van der Waals surface area contributed by atoms with E-state index in [0.29, 0.717) is 22.2 Å². The van der Waals surface area contributed by atoms with Gasteiger partial charge in [0.05, 0.1) is 9.26 Å². The monoisotopic (exact) mass is 414 g/mol. The van der Waals surface area contributed by atoms with Crippen molar-refractivity contribution in [1.29, 1.82) is 0 Å². The molecule has 0 spiro atoms. The van der Waals surface area contributed by atoms with Crippen LogP contribution in [0.25, 0.3) is 11.4 Å². The minimum Gasteiger partial charge on any atom is -0.406 e. The number of hydrogen-bond acceptors (Lipinski definition) is 3. The van der Waals surface area contributed by atoms with Crippen LogP contribution in [0.5, 0.6) is 5.75 Å². The second-order valence-electron chi connectivity index (χ2n) is 3.81. The molecule has 0 aliphatic rings. The maximum absolute atomic E-state index is 12.0. The summed E-state index contributed by atoms with van der Waals surface area (Å²) in [6.45, 7) is 1.78. The summed E-state index contributed by atoms with van der Waals surface area (Å²) in [6, 6.07) is 5.29. The minimum absolute atomic E-state index is 0.297. The van der Waals surface area contributed by atoms with E-state index in [2.05, 4.69) is 14.7 Å². The Morgan fingerprint density at radius 1 is 1.15 bits per heavy atom. The fourth-order valence-corrected chi connectivity index (χ4v) is 1.92. The van der Waals surface area contributed by atoms with Crippen molar-refractivity contribution in [2.75, 3.05) is 0 Å². The average molecular weight is 415 g/mol. The van der Waals surface area contributed by atoms with Crippen molar-refractivity contribution in [3.63, 3.8) is 0 Å². The van der Waals surface area contributed by atoms with E-state index in [4.69, 9.17) is 11.6 Å². The fourth-order valence-electron chi connectivity index (χ4n) is 1.46. The van der Waals surface area contributed by atoms with Gasteiger partial charge in [-0.2, -0.15) is 0 Å². The van der Waals surface area contributed by atoms with Crippen molar-refractivity contribution >= 4 is 34.2 Å². The number of benzene rings is 1. The molecule has 106 valence electrons. The Morgan fingerprint density at radius 3 is 2.25 bits per heavy atom. The predicted octanol–water partition coefficient (Wildman–Crippen LogP) is 4.61. The molecule has 1 aromatic carbocycles. The summed E-state index contributed by atoms with van der Waals surface area (Å²) in [5, 5.41) is 0.309. The molecule has 0 aliphatic heterocycles. The Balaban J connectivity index is 2.31. The number of alkyl halides is 3. The van der Waals surface area contributed by atoms with Gasteiger partial charge in [-0.3, -0.25) is 0 Å². The predicted molar refractivity (Wildman–Crippen MR) is 76.6 cm³/mol. The van der Waals surface area contributed by atoms with Crippen LogP contribution in [0.1, 0.15) is 5.69 Å². The van der Waals surface area contributed by atoms with Crippen LogP contribution in [0.2, 0.25) is 5.15 Å². The van der Waals surface area contributed by atoms with Gasteiger partial charge in [-0.15, -0.1) is 13.2 Å². The molecule has 1 heterocycles. The molecular formula is C12H7ClF3IN2O. The smallest absolute Gasteiger partial charge is 0.406 e. The van der Waals surface area contributed by atoms with Gasteiger partial charge in [-0.25, -0.2) is 9.97 Å². The average Bonchev–Trinajstić information content (AvgIpc) is 2.34. The van der Waals surface area contributed by atoms with Gasteiger partial charge in [0.25, 0.3) is 0 Å². The van der Waals surface area contributed by atoms with Crippen LogP contribution in [-0.4, -0.2) is 16.3 Å². The molecule has 8 heteroatoms. The van der Waals surface area contributed by atoms with Crippen molar-refractivity contribution in [2.45, 2.75) is 13.3 Å². The summed E-state index contributed by atoms with van der Waals surface area (Å²) in [5.41, 5.74) is 1.26. The lowest BCUT2D eigenvalue weighted by Gasteiger charge is -2.09. The van der Waals surface area contributed by atoms with E-state index < -0.39 is 6.36 Å². The lowest BCUT2D eigenvalue weighted by atomic mass is 10.2. The molecule has 0 aliphatic carbocycles. The Morgan fingerprint density at radius 2 is 1.75 bits per heavy atom. The van der Waals surface area contributed by atoms with Crippen molar-refractivity contribution in [3.8, 4) is 17.1 Å². The van der Waals surface area contributed by atoms with E-state index in [0.717, 1.165) is 3.57 Å². The molecule has 0 atom stereocenters. The van der Waals surface area contributed by atoms with Crippen molar-refractivity contribution in [1.82, 2.24) is 9.97 Å².